The number of H-pyrrole nitrogens is 1. The molecule has 0 spiro atoms. The molecular formula is C21H23N7. The molecule has 0 saturated carbocycles. The van der Waals surface area contributed by atoms with Crippen LogP contribution in [0.5, 0.6) is 0 Å². The summed E-state index contributed by atoms with van der Waals surface area (Å²) in [6, 6.07) is 8.27. The second kappa shape index (κ2) is 6.45. The van der Waals surface area contributed by atoms with Crippen LogP contribution >= 0.6 is 0 Å². The van der Waals surface area contributed by atoms with E-state index in [1.165, 1.54) is 16.8 Å². The normalized spacial score (nSPS) is 13.2. The van der Waals surface area contributed by atoms with Crippen LogP contribution in [-0.4, -0.2) is 31.8 Å². The Morgan fingerprint density at radius 3 is 2.86 bits per heavy atom. The highest BCUT2D eigenvalue weighted by molar-refractivity contribution is 5.93. The van der Waals surface area contributed by atoms with Crippen LogP contribution in [0.15, 0.2) is 36.7 Å². The quantitative estimate of drug-likeness (QED) is 0.575. The average Bonchev–Trinajstić information content (AvgIpc) is 3.42. The highest BCUT2D eigenvalue weighted by Gasteiger charge is 2.23. The van der Waals surface area contributed by atoms with Crippen molar-refractivity contribution in [2.24, 2.45) is 7.05 Å². The van der Waals surface area contributed by atoms with Crippen molar-refractivity contribution in [3.05, 3.63) is 59.2 Å². The van der Waals surface area contributed by atoms with Crippen molar-refractivity contribution in [3.63, 3.8) is 0 Å². The zero-order valence-corrected chi connectivity index (χ0v) is 16.3. The number of benzene rings is 1. The Balaban J connectivity index is 1.59. The molecule has 28 heavy (non-hydrogen) atoms. The Hall–Kier alpha value is -3.19. The van der Waals surface area contributed by atoms with E-state index < -0.39 is 0 Å². The van der Waals surface area contributed by atoms with Gasteiger partial charge in [0.1, 0.15) is 5.82 Å². The number of nitrogens with one attached hydrogen (secondary N) is 2. The lowest BCUT2D eigenvalue weighted by molar-refractivity contribution is 0.736. The van der Waals surface area contributed by atoms with Crippen LogP contribution in [0.1, 0.15) is 22.5 Å². The molecule has 7 nitrogen and oxygen atoms in total. The van der Waals surface area contributed by atoms with E-state index in [4.69, 9.17) is 9.97 Å². The van der Waals surface area contributed by atoms with Gasteiger partial charge in [-0.3, -0.25) is 4.68 Å². The van der Waals surface area contributed by atoms with Gasteiger partial charge in [-0.1, -0.05) is 18.2 Å². The highest BCUT2D eigenvalue weighted by Crippen LogP contribution is 2.31. The van der Waals surface area contributed by atoms with Crippen LogP contribution in [0.4, 0.5) is 5.82 Å². The second-order valence-corrected chi connectivity index (χ2v) is 7.38. The number of anilines is 1. The summed E-state index contributed by atoms with van der Waals surface area (Å²) in [4.78, 5) is 15.4. The highest BCUT2D eigenvalue weighted by atomic mass is 15.3. The molecule has 142 valence electrons. The van der Waals surface area contributed by atoms with Gasteiger partial charge in [0.15, 0.2) is 5.82 Å². The third-order valence-corrected chi connectivity index (χ3v) is 5.60. The van der Waals surface area contributed by atoms with Gasteiger partial charge >= 0.3 is 0 Å². The predicted molar refractivity (Wildman–Crippen MR) is 110 cm³/mol. The van der Waals surface area contributed by atoms with Gasteiger partial charge in [0.05, 0.1) is 11.9 Å². The van der Waals surface area contributed by atoms with E-state index in [9.17, 15) is 0 Å². The van der Waals surface area contributed by atoms with E-state index in [0.717, 1.165) is 53.4 Å². The lowest BCUT2D eigenvalue weighted by Crippen LogP contribution is -2.21. The number of nitrogens with zero attached hydrogens (tertiary/aromatic N) is 5. The summed E-state index contributed by atoms with van der Waals surface area (Å²) in [6.07, 6.45) is 3.94. The van der Waals surface area contributed by atoms with Crippen molar-refractivity contribution in [2.75, 3.05) is 11.9 Å². The molecule has 0 saturated heterocycles. The zero-order chi connectivity index (χ0) is 19.3. The fourth-order valence-electron chi connectivity index (χ4n) is 3.87. The number of aryl methyl sites for hydroxylation is 1. The fourth-order valence-corrected chi connectivity index (χ4v) is 3.87. The average molecular weight is 373 g/mol. The zero-order valence-electron chi connectivity index (χ0n) is 16.3. The smallest absolute Gasteiger partial charge is 0.163 e. The number of hydrogen-bond acceptors (Lipinski definition) is 5. The molecule has 0 unspecified atom stereocenters. The van der Waals surface area contributed by atoms with E-state index in [-0.39, 0.29) is 0 Å². The van der Waals surface area contributed by atoms with Crippen molar-refractivity contribution in [1.29, 1.82) is 0 Å². The van der Waals surface area contributed by atoms with E-state index in [2.05, 4.69) is 46.4 Å². The first-order chi connectivity index (χ1) is 13.6. The number of fused-ring (bicyclic) bond motifs is 2. The number of hydrogen-bond donors (Lipinski definition) is 2. The lowest BCUT2D eigenvalue weighted by atomic mass is 10.1. The Morgan fingerprint density at radius 1 is 1.18 bits per heavy atom. The summed E-state index contributed by atoms with van der Waals surface area (Å²) in [5, 5.41) is 8.93. The van der Waals surface area contributed by atoms with Crippen molar-refractivity contribution in [3.8, 4) is 11.4 Å². The molecule has 7 heteroatoms. The molecule has 0 radical (unpaired) electrons. The monoisotopic (exact) mass is 373 g/mol. The molecule has 4 aromatic rings. The first-order valence-corrected chi connectivity index (χ1v) is 9.47. The molecule has 5 rings (SSSR count). The Kier molecular flexibility index (Phi) is 3.91. The van der Waals surface area contributed by atoms with Gasteiger partial charge in [-0.2, -0.15) is 5.10 Å². The Bertz CT molecular complexity index is 1170. The summed E-state index contributed by atoms with van der Waals surface area (Å²) >= 11 is 0. The molecule has 1 aromatic carbocycles. The van der Waals surface area contributed by atoms with Crippen molar-refractivity contribution in [2.45, 2.75) is 26.6 Å². The SMILES string of the molecule is Cc1c(CN(C)c2nc(-c3c[nH]c4ccccc34)nc3c2CNC3)cnn1C. The largest absolute Gasteiger partial charge is 0.360 e. The van der Waals surface area contributed by atoms with Crippen LogP contribution in [0, 0.1) is 6.92 Å². The maximum absolute atomic E-state index is 5.00. The van der Waals surface area contributed by atoms with E-state index in [1.807, 2.05) is 36.3 Å². The van der Waals surface area contributed by atoms with Gasteiger partial charge in [-0.25, -0.2) is 9.97 Å². The minimum Gasteiger partial charge on any atom is -0.360 e. The first-order valence-electron chi connectivity index (χ1n) is 9.47. The van der Waals surface area contributed by atoms with Crippen LogP contribution in [0.2, 0.25) is 0 Å². The van der Waals surface area contributed by atoms with Crippen LogP contribution < -0.4 is 10.2 Å². The number of rotatable bonds is 4. The standard InChI is InChI=1S/C21H23N7/c1-13-14(8-24-28(13)3)12-27(2)21-17-9-22-11-19(17)25-20(26-21)16-10-23-18-7-5-4-6-15(16)18/h4-8,10,22-23H,9,11-12H2,1-3H3. The van der Waals surface area contributed by atoms with Gasteiger partial charge in [0.25, 0.3) is 0 Å². The summed E-state index contributed by atoms with van der Waals surface area (Å²) in [6.45, 7) is 4.44. The number of aromatic amines is 1. The lowest BCUT2D eigenvalue weighted by Gasteiger charge is -2.21. The molecule has 0 fully saturated rings. The molecule has 1 aliphatic heterocycles. The Labute approximate surface area is 163 Å². The van der Waals surface area contributed by atoms with E-state index in [0.29, 0.717) is 0 Å². The molecule has 0 amide bonds. The summed E-state index contributed by atoms with van der Waals surface area (Å²) in [7, 11) is 4.06. The van der Waals surface area contributed by atoms with Crippen molar-refractivity contribution < 1.29 is 0 Å². The van der Waals surface area contributed by atoms with Crippen molar-refractivity contribution >= 4 is 16.7 Å². The molecule has 4 heterocycles. The molecule has 0 atom stereocenters. The molecule has 2 N–H and O–H groups in total. The van der Waals surface area contributed by atoms with Gasteiger partial charge in [-0.15, -0.1) is 0 Å². The topological polar surface area (TPSA) is 74.7 Å². The van der Waals surface area contributed by atoms with Gasteiger partial charge in [-0.05, 0) is 13.0 Å². The van der Waals surface area contributed by atoms with E-state index >= 15 is 0 Å². The maximum Gasteiger partial charge on any atom is 0.163 e. The van der Waals surface area contributed by atoms with Crippen molar-refractivity contribution in [1.82, 2.24) is 30.0 Å². The minimum absolute atomic E-state index is 0.760. The van der Waals surface area contributed by atoms with Gasteiger partial charge in [0.2, 0.25) is 0 Å². The second-order valence-electron chi connectivity index (χ2n) is 7.38. The third-order valence-electron chi connectivity index (χ3n) is 5.60. The summed E-state index contributed by atoms with van der Waals surface area (Å²) in [5.74, 6) is 1.75. The summed E-state index contributed by atoms with van der Waals surface area (Å²) < 4.78 is 1.91. The summed E-state index contributed by atoms with van der Waals surface area (Å²) in [5.41, 5.74) is 6.79. The van der Waals surface area contributed by atoms with Crippen LogP contribution in [0.25, 0.3) is 22.3 Å². The van der Waals surface area contributed by atoms with E-state index in [1.54, 1.807) is 0 Å². The number of para-hydroxylation sites is 1. The Morgan fingerprint density at radius 2 is 2.04 bits per heavy atom. The number of aromatic nitrogens is 5. The van der Waals surface area contributed by atoms with Gasteiger partial charge in [0, 0.05) is 73.2 Å². The minimum atomic E-state index is 0.760. The fraction of sp³-hybridized carbons (Fsp3) is 0.286. The predicted octanol–water partition coefficient (Wildman–Crippen LogP) is 2.91. The maximum atomic E-state index is 5.00. The first kappa shape index (κ1) is 16.9. The third kappa shape index (κ3) is 2.66. The molecular weight excluding hydrogens is 350 g/mol. The molecule has 1 aliphatic rings. The molecule has 0 aliphatic carbocycles. The van der Waals surface area contributed by atoms with Crippen LogP contribution in [-0.2, 0) is 26.7 Å². The molecule has 0 bridgehead atoms. The van der Waals surface area contributed by atoms with Crippen LogP contribution in [0.3, 0.4) is 0 Å². The van der Waals surface area contributed by atoms with Gasteiger partial charge < -0.3 is 15.2 Å². The molecule has 3 aromatic heterocycles.